The summed E-state index contributed by atoms with van der Waals surface area (Å²) in [5.41, 5.74) is 2.43. The Kier molecular flexibility index (Phi) is 3.75. The first-order chi connectivity index (χ1) is 11.2. The number of hydrogen-bond acceptors (Lipinski definition) is 4. The molecule has 0 saturated carbocycles. The Balaban J connectivity index is 1.70. The number of rotatable bonds is 3. The highest BCUT2D eigenvalue weighted by Gasteiger charge is 2.28. The van der Waals surface area contributed by atoms with Gasteiger partial charge in [-0.05, 0) is 43.0 Å². The zero-order valence-electron chi connectivity index (χ0n) is 13.1. The summed E-state index contributed by atoms with van der Waals surface area (Å²) in [6.45, 7) is 1.65. The summed E-state index contributed by atoms with van der Waals surface area (Å²) in [5, 5.41) is 2.12. The van der Waals surface area contributed by atoms with Gasteiger partial charge >= 0.3 is 0 Å². The molecule has 1 aliphatic heterocycles. The minimum Gasteiger partial charge on any atom is -0.308 e. The molecule has 4 nitrogen and oxygen atoms in total. The van der Waals surface area contributed by atoms with Gasteiger partial charge in [0.15, 0.2) is 0 Å². The molecule has 1 aromatic carbocycles. The third-order valence-electron chi connectivity index (χ3n) is 4.64. The summed E-state index contributed by atoms with van der Waals surface area (Å²) in [6.07, 6.45) is 2.34. The molecule has 1 fully saturated rings. The zero-order valence-corrected chi connectivity index (χ0v) is 13.9. The molecule has 23 heavy (non-hydrogen) atoms. The summed E-state index contributed by atoms with van der Waals surface area (Å²) in [4.78, 5) is 21.1. The minimum absolute atomic E-state index is 0.0144. The average Bonchev–Trinajstić information content (AvgIpc) is 3.23. The number of para-hydroxylation sites is 2. The molecule has 0 unspecified atom stereocenters. The summed E-state index contributed by atoms with van der Waals surface area (Å²) >= 11 is 1.80. The number of nitrogens with zero attached hydrogens (tertiary/aromatic N) is 3. The third kappa shape index (κ3) is 2.60. The molecule has 3 aromatic rings. The zero-order chi connectivity index (χ0) is 15.8. The Morgan fingerprint density at radius 2 is 2.13 bits per heavy atom. The van der Waals surface area contributed by atoms with Crippen LogP contribution in [0.4, 0.5) is 0 Å². The molecule has 4 rings (SSSR count). The van der Waals surface area contributed by atoms with E-state index in [4.69, 9.17) is 0 Å². The van der Waals surface area contributed by atoms with Gasteiger partial charge in [0, 0.05) is 24.5 Å². The van der Waals surface area contributed by atoms with E-state index in [-0.39, 0.29) is 5.56 Å². The maximum atomic E-state index is 12.6. The van der Waals surface area contributed by atoms with Crippen molar-refractivity contribution in [2.45, 2.75) is 25.4 Å². The van der Waals surface area contributed by atoms with Crippen molar-refractivity contribution in [1.82, 2.24) is 14.5 Å². The Labute approximate surface area is 139 Å². The molecule has 0 spiro atoms. The fourth-order valence-corrected chi connectivity index (χ4v) is 4.35. The third-order valence-corrected chi connectivity index (χ3v) is 5.61. The van der Waals surface area contributed by atoms with E-state index in [1.165, 1.54) is 11.3 Å². The van der Waals surface area contributed by atoms with Gasteiger partial charge in [-0.25, -0.2) is 4.98 Å². The van der Waals surface area contributed by atoms with Gasteiger partial charge in [0.05, 0.1) is 11.0 Å². The summed E-state index contributed by atoms with van der Waals surface area (Å²) in [5.74, 6) is 0. The standard InChI is InChI=1S/C18H19N3OS/c1-20-15-7-3-2-6-13(15)19-14(18(20)22)12-21-10-4-8-16(21)17-9-5-11-23-17/h2-3,5-7,9,11,16H,4,8,10,12H2,1H3/t16-/m0/s1. The Hall–Kier alpha value is -1.98. The number of fused-ring (bicyclic) bond motifs is 1. The van der Waals surface area contributed by atoms with Crippen LogP contribution in [-0.2, 0) is 13.6 Å². The van der Waals surface area contributed by atoms with Crippen molar-refractivity contribution in [2.75, 3.05) is 6.54 Å². The second-order valence-corrected chi connectivity index (χ2v) is 7.03. The van der Waals surface area contributed by atoms with Crippen LogP contribution in [0, 0.1) is 0 Å². The molecule has 3 heterocycles. The van der Waals surface area contributed by atoms with Crippen LogP contribution in [0.15, 0.2) is 46.6 Å². The summed E-state index contributed by atoms with van der Waals surface area (Å²) in [6, 6.07) is 12.5. The Bertz CT molecular complexity index is 885. The molecule has 0 radical (unpaired) electrons. The fraction of sp³-hybridized carbons (Fsp3) is 0.333. The topological polar surface area (TPSA) is 38.1 Å². The van der Waals surface area contributed by atoms with E-state index in [9.17, 15) is 4.79 Å². The Morgan fingerprint density at radius 1 is 1.26 bits per heavy atom. The maximum absolute atomic E-state index is 12.6. The van der Waals surface area contributed by atoms with Crippen molar-refractivity contribution >= 4 is 22.4 Å². The van der Waals surface area contributed by atoms with E-state index < -0.39 is 0 Å². The Morgan fingerprint density at radius 3 is 2.96 bits per heavy atom. The summed E-state index contributed by atoms with van der Waals surface area (Å²) < 4.78 is 1.72. The minimum atomic E-state index is 0.0144. The van der Waals surface area contributed by atoms with Gasteiger partial charge in [0.2, 0.25) is 0 Å². The van der Waals surface area contributed by atoms with Gasteiger partial charge in [-0.2, -0.15) is 0 Å². The van der Waals surface area contributed by atoms with Crippen LogP contribution in [0.25, 0.3) is 11.0 Å². The SMILES string of the molecule is Cn1c(=O)c(CN2CCC[C@H]2c2cccs2)nc2ccccc21. The molecular weight excluding hydrogens is 306 g/mol. The van der Waals surface area contributed by atoms with Gasteiger partial charge in [0.1, 0.15) is 5.69 Å². The van der Waals surface area contributed by atoms with Crippen molar-refractivity contribution in [3.05, 3.63) is 62.7 Å². The number of thiophene rings is 1. The monoisotopic (exact) mass is 325 g/mol. The molecular formula is C18H19N3OS. The van der Waals surface area contributed by atoms with Crippen LogP contribution in [0.3, 0.4) is 0 Å². The van der Waals surface area contributed by atoms with E-state index in [1.807, 2.05) is 31.3 Å². The van der Waals surface area contributed by atoms with E-state index in [2.05, 4.69) is 27.4 Å². The largest absolute Gasteiger partial charge is 0.308 e. The van der Waals surface area contributed by atoms with Crippen LogP contribution in [0.5, 0.6) is 0 Å². The smallest absolute Gasteiger partial charge is 0.273 e. The highest BCUT2D eigenvalue weighted by molar-refractivity contribution is 7.10. The van der Waals surface area contributed by atoms with Crippen molar-refractivity contribution < 1.29 is 0 Å². The van der Waals surface area contributed by atoms with Crippen LogP contribution in [0.1, 0.15) is 29.5 Å². The fourth-order valence-electron chi connectivity index (χ4n) is 3.45. The van der Waals surface area contributed by atoms with Crippen LogP contribution in [-0.4, -0.2) is 21.0 Å². The predicted octanol–water partition coefficient (Wildman–Crippen LogP) is 3.33. The highest BCUT2D eigenvalue weighted by atomic mass is 32.1. The lowest BCUT2D eigenvalue weighted by molar-refractivity contribution is 0.247. The molecule has 0 bridgehead atoms. The first kappa shape index (κ1) is 14.6. The molecule has 1 aliphatic rings. The van der Waals surface area contributed by atoms with Crippen LogP contribution < -0.4 is 5.56 Å². The van der Waals surface area contributed by atoms with Crippen molar-refractivity contribution in [3.63, 3.8) is 0 Å². The van der Waals surface area contributed by atoms with Gasteiger partial charge in [0.25, 0.3) is 5.56 Å². The van der Waals surface area contributed by atoms with E-state index in [1.54, 1.807) is 15.9 Å². The number of aromatic nitrogens is 2. The number of aryl methyl sites for hydroxylation is 1. The number of hydrogen-bond donors (Lipinski definition) is 0. The lowest BCUT2D eigenvalue weighted by atomic mass is 10.2. The molecule has 118 valence electrons. The lowest BCUT2D eigenvalue weighted by Crippen LogP contribution is -2.30. The molecule has 0 aliphatic carbocycles. The van der Waals surface area contributed by atoms with Crippen molar-refractivity contribution in [2.24, 2.45) is 7.05 Å². The number of benzene rings is 1. The van der Waals surface area contributed by atoms with Gasteiger partial charge < -0.3 is 4.57 Å². The molecule has 2 aromatic heterocycles. The van der Waals surface area contributed by atoms with Crippen LogP contribution in [0.2, 0.25) is 0 Å². The lowest BCUT2D eigenvalue weighted by Gasteiger charge is -2.23. The summed E-state index contributed by atoms with van der Waals surface area (Å²) in [7, 11) is 1.83. The first-order valence-electron chi connectivity index (χ1n) is 7.96. The molecule has 5 heteroatoms. The van der Waals surface area contributed by atoms with Gasteiger partial charge in [-0.3, -0.25) is 9.69 Å². The predicted molar refractivity (Wildman–Crippen MR) is 93.7 cm³/mol. The normalized spacial score (nSPS) is 18.7. The number of likely N-dealkylation sites (tertiary alicyclic amines) is 1. The second kappa shape index (κ2) is 5.91. The molecule has 1 atom stereocenters. The molecule has 0 amide bonds. The van der Waals surface area contributed by atoms with Gasteiger partial charge in [-0.15, -0.1) is 11.3 Å². The van der Waals surface area contributed by atoms with Crippen LogP contribution >= 0.6 is 11.3 Å². The highest BCUT2D eigenvalue weighted by Crippen LogP contribution is 2.35. The van der Waals surface area contributed by atoms with E-state index in [0.717, 1.165) is 24.0 Å². The molecule has 0 N–H and O–H groups in total. The van der Waals surface area contributed by atoms with Crippen molar-refractivity contribution in [1.29, 1.82) is 0 Å². The first-order valence-corrected chi connectivity index (χ1v) is 8.84. The van der Waals surface area contributed by atoms with E-state index >= 15 is 0 Å². The molecule has 1 saturated heterocycles. The van der Waals surface area contributed by atoms with E-state index in [0.29, 0.717) is 18.3 Å². The quantitative estimate of drug-likeness (QED) is 0.741. The average molecular weight is 325 g/mol. The van der Waals surface area contributed by atoms with Gasteiger partial charge in [-0.1, -0.05) is 18.2 Å². The van der Waals surface area contributed by atoms with Crippen molar-refractivity contribution in [3.8, 4) is 0 Å². The second-order valence-electron chi connectivity index (χ2n) is 6.06. The maximum Gasteiger partial charge on any atom is 0.273 e.